The average molecular weight is 258 g/mol. The molecule has 0 radical (unpaired) electrons. The molecule has 100 valence electrons. The third-order valence-electron chi connectivity index (χ3n) is 3.48. The van der Waals surface area contributed by atoms with Gasteiger partial charge in [-0.25, -0.2) is 15.0 Å². The maximum Gasteiger partial charge on any atom is 0.136 e. The van der Waals surface area contributed by atoms with Crippen molar-refractivity contribution in [3.05, 3.63) is 29.6 Å². The Morgan fingerprint density at radius 3 is 2.84 bits per heavy atom. The zero-order chi connectivity index (χ0) is 13.4. The molecule has 0 unspecified atom stereocenters. The molecule has 1 aliphatic rings. The van der Waals surface area contributed by atoms with Crippen LogP contribution < -0.4 is 11.1 Å². The lowest BCUT2D eigenvalue weighted by Crippen LogP contribution is -2.11. The zero-order valence-electron chi connectivity index (χ0n) is 11.2. The van der Waals surface area contributed by atoms with Crippen LogP contribution in [0, 0.1) is 6.92 Å². The van der Waals surface area contributed by atoms with E-state index in [1.165, 1.54) is 12.8 Å². The fourth-order valence-electron chi connectivity index (χ4n) is 1.98. The van der Waals surface area contributed by atoms with Gasteiger partial charge >= 0.3 is 0 Å². The van der Waals surface area contributed by atoms with Gasteiger partial charge in [0.05, 0.1) is 6.54 Å². The predicted octanol–water partition coefficient (Wildman–Crippen LogP) is 1.59. The summed E-state index contributed by atoms with van der Waals surface area (Å²) in [6.45, 7) is 2.57. The van der Waals surface area contributed by atoms with Crippen LogP contribution in [0.2, 0.25) is 0 Å². The summed E-state index contributed by atoms with van der Waals surface area (Å²) < 4.78 is 1.98. The first kappa shape index (κ1) is 12.0. The number of aryl methyl sites for hydroxylation is 1. The van der Waals surface area contributed by atoms with E-state index in [-0.39, 0.29) is 0 Å². The van der Waals surface area contributed by atoms with E-state index in [1.54, 1.807) is 6.20 Å². The predicted molar refractivity (Wildman–Crippen MR) is 73.7 cm³/mol. The quantitative estimate of drug-likeness (QED) is 0.870. The molecule has 1 aliphatic carbocycles. The number of rotatable bonds is 4. The maximum atomic E-state index is 5.95. The van der Waals surface area contributed by atoms with Gasteiger partial charge in [-0.1, -0.05) is 0 Å². The van der Waals surface area contributed by atoms with Crippen molar-refractivity contribution in [2.75, 3.05) is 11.1 Å². The molecule has 3 rings (SSSR count). The summed E-state index contributed by atoms with van der Waals surface area (Å²) in [6, 6.07) is 0. The lowest BCUT2D eigenvalue weighted by Gasteiger charge is -2.11. The number of anilines is 2. The number of nitrogen functional groups attached to an aromatic ring is 1. The van der Waals surface area contributed by atoms with Crippen molar-refractivity contribution < 1.29 is 0 Å². The number of nitrogens with zero attached hydrogens (tertiary/aromatic N) is 4. The monoisotopic (exact) mass is 258 g/mol. The fraction of sp³-hybridized carbons (Fsp3) is 0.462. The molecule has 1 fully saturated rings. The van der Waals surface area contributed by atoms with Crippen LogP contribution in [0.25, 0.3) is 0 Å². The minimum Gasteiger partial charge on any atom is -0.383 e. The smallest absolute Gasteiger partial charge is 0.136 e. The van der Waals surface area contributed by atoms with E-state index in [2.05, 4.69) is 20.3 Å². The summed E-state index contributed by atoms with van der Waals surface area (Å²) in [5, 5.41) is 3.31. The van der Waals surface area contributed by atoms with Crippen LogP contribution in [0.1, 0.15) is 36.0 Å². The van der Waals surface area contributed by atoms with Gasteiger partial charge in [-0.15, -0.1) is 0 Å². The van der Waals surface area contributed by atoms with Crippen molar-refractivity contribution in [3.63, 3.8) is 0 Å². The third kappa shape index (κ3) is 2.38. The van der Waals surface area contributed by atoms with E-state index in [4.69, 9.17) is 5.73 Å². The van der Waals surface area contributed by atoms with Crippen LogP contribution in [0.3, 0.4) is 0 Å². The number of nitrogens with two attached hydrogens (primary N) is 1. The minimum absolute atomic E-state index is 0.497. The SMILES string of the molecule is Cc1c(N)nc(C2CC2)nc1NCc1nccn1C. The summed E-state index contributed by atoms with van der Waals surface area (Å²) in [6.07, 6.45) is 6.05. The van der Waals surface area contributed by atoms with Crippen molar-refractivity contribution in [3.8, 4) is 0 Å². The second-order valence-electron chi connectivity index (χ2n) is 5.02. The van der Waals surface area contributed by atoms with Crippen LogP contribution >= 0.6 is 0 Å². The normalized spacial score (nSPS) is 14.6. The first-order chi connectivity index (χ1) is 9.15. The largest absolute Gasteiger partial charge is 0.383 e. The minimum atomic E-state index is 0.497. The highest BCUT2D eigenvalue weighted by Crippen LogP contribution is 2.39. The van der Waals surface area contributed by atoms with Crippen LogP contribution in [0.15, 0.2) is 12.4 Å². The van der Waals surface area contributed by atoms with Crippen molar-refractivity contribution in [1.29, 1.82) is 0 Å². The molecular weight excluding hydrogens is 240 g/mol. The topological polar surface area (TPSA) is 81.7 Å². The molecule has 3 N–H and O–H groups in total. The van der Waals surface area contributed by atoms with E-state index in [1.807, 2.05) is 24.7 Å². The van der Waals surface area contributed by atoms with E-state index >= 15 is 0 Å². The van der Waals surface area contributed by atoms with Gasteiger partial charge in [0.1, 0.15) is 23.3 Å². The standard InChI is InChI=1S/C13H18N6/c1-8-11(14)17-13(9-3-4-9)18-12(8)16-7-10-15-5-6-19(10)2/h5-6,9H,3-4,7H2,1-2H3,(H3,14,16,17,18). The number of hydrogen-bond donors (Lipinski definition) is 2. The fourth-order valence-corrected chi connectivity index (χ4v) is 1.98. The Balaban J connectivity index is 1.81. The summed E-state index contributed by atoms with van der Waals surface area (Å²) >= 11 is 0. The van der Waals surface area contributed by atoms with Gasteiger partial charge in [-0.3, -0.25) is 0 Å². The molecule has 19 heavy (non-hydrogen) atoms. The van der Waals surface area contributed by atoms with E-state index in [9.17, 15) is 0 Å². The highest BCUT2D eigenvalue weighted by molar-refractivity contribution is 5.55. The summed E-state index contributed by atoms with van der Waals surface area (Å²) in [5.74, 6) is 3.71. The zero-order valence-corrected chi connectivity index (χ0v) is 11.2. The highest BCUT2D eigenvalue weighted by Gasteiger charge is 2.27. The lowest BCUT2D eigenvalue weighted by molar-refractivity contribution is 0.807. The van der Waals surface area contributed by atoms with Gasteiger partial charge in [-0.2, -0.15) is 0 Å². The van der Waals surface area contributed by atoms with Crippen molar-refractivity contribution >= 4 is 11.6 Å². The lowest BCUT2D eigenvalue weighted by atomic mass is 10.3. The Kier molecular flexibility index (Phi) is 2.85. The van der Waals surface area contributed by atoms with Crippen LogP contribution in [-0.2, 0) is 13.6 Å². The first-order valence-corrected chi connectivity index (χ1v) is 6.49. The molecule has 2 heterocycles. The Bertz CT molecular complexity index is 599. The van der Waals surface area contributed by atoms with Gasteiger partial charge in [-0.05, 0) is 19.8 Å². The van der Waals surface area contributed by atoms with Gasteiger partial charge in [0.15, 0.2) is 0 Å². The van der Waals surface area contributed by atoms with E-state index < -0.39 is 0 Å². The van der Waals surface area contributed by atoms with Crippen molar-refractivity contribution in [2.45, 2.75) is 32.2 Å². The Labute approximate surface area is 112 Å². The molecule has 0 amide bonds. The number of hydrogen-bond acceptors (Lipinski definition) is 5. The molecule has 0 aliphatic heterocycles. The van der Waals surface area contributed by atoms with Gasteiger partial charge in [0.2, 0.25) is 0 Å². The molecular formula is C13H18N6. The average Bonchev–Trinajstić information content (AvgIpc) is 3.15. The number of nitrogens with one attached hydrogen (secondary N) is 1. The van der Waals surface area contributed by atoms with Gasteiger partial charge < -0.3 is 15.6 Å². The number of imidazole rings is 1. The van der Waals surface area contributed by atoms with Crippen LogP contribution in [0.5, 0.6) is 0 Å². The second-order valence-corrected chi connectivity index (χ2v) is 5.02. The molecule has 2 aromatic heterocycles. The van der Waals surface area contributed by atoms with E-state index in [0.29, 0.717) is 18.3 Å². The second kappa shape index (κ2) is 4.53. The summed E-state index contributed by atoms with van der Waals surface area (Å²) in [4.78, 5) is 13.2. The molecule has 0 saturated heterocycles. The van der Waals surface area contributed by atoms with Crippen LogP contribution in [0.4, 0.5) is 11.6 Å². The summed E-state index contributed by atoms with van der Waals surface area (Å²) in [7, 11) is 1.97. The molecule has 2 aromatic rings. The molecule has 0 aromatic carbocycles. The van der Waals surface area contributed by atoms with Gasteiger partial charge in [0.25, 0.3) is 0 Å². The van der Waals surface area contributed by atoms with Gasteiger partial charge in [0, 0.05) is 30.9 Å². The molecule has 6 heteroatoms. The van der Waals surface area contributed by atoms with Crippen molar-refractivity contribution in [2.24, 2.45) is 7.05 Å². The Morgan fingerprint density at radius 2 is 2.21 bits per heavy atom. The maximum absolute atomic E-state index is 5.95. The third-order valence-corrected chi connectivity index (χ3v) is 3.48. The first-order valence-electron chi connectivity index (χ1n) is 6.49. The Hall–Kier alpha value is -2.11. The molecule has 6 nitrogen and oxygen atoms in total. The molecule has 0 bridgehead atoms. The Morgan fingerprint density at radius 1 is 1.42 bits per heavy atom. The molecule has 1 saturated carbocycles. The van der Waals surface area contributed by atoms with Crippen molar-refractivity contribution in [1.82, 2.24) is 19.5 Å². The summed E-state index contributed by atoms with van der Waals surface area (Å²) in [5.41, 5.74) is 6.86. The van der Waals surface area contributed by atoms with E-state index in [0.717, 1.165) is 23.0 Å². The highest BCUT2D eigenvalue weighted by atomic mass is 15.1. The molecule has 0 atom stereocenters. The number of aromatic nitrogens is 4. The molecule has 0 spiro atoms. The van der Waals surface area contributed by atoms with Crippen LogP contribution in [-0.4, -0.2) is 19.5 Å².